The van der Waals surface area contributed by atoms with Crippen LogP contribution in [0.1, 0.15) is 5.56 Å². The second-order valence-corrected chi connectivity index (χ2v) is 5.88. The average Bonchev–Trinajstić information content (AvgIpc) is 2.53. The second kappa shape index (κ2) is 8.04. The van der Waals surface area contributed by atoms with Crippen LogP contribution in [0.3, 0.4) is 0 Å². The summed E-state index contributed by atoms with van der Waals surface area (Å²) >= 11 is 9.42. The summed E-state index contributed by atoms with van der Waals surface area (Å²) in [6.45, 7) is 0. The highest BCUT2D eigenvalue weighted by Gasteiger charge is 2.05. The van der Waals surface area contributed by atoms with Gasteiger partial charge < -0.3 is 14.8 Å². The number of rotatable bonds is 5. The van der Waals surface area contributed by atoms with E-state index in [2.05, 4.69) is 21.2 Å². The molecule has 2 aromatic rings. The number of methoxy groups -OCH3 is 2. The molecular weight excluding hydrogens is 382 g/mol. The van der Waals surface area contributed by atoms with E-state index in [1.807, 2.05) is 18.2 Å². The number of hydrogen-bond donors (Lipinski definition) is 1. The van der Waals surface area contributed by atoms with Gasteiger partial charge in [-0.15, -0.1) is 0 Å². The minimum absolute atomic E-state index is 0.270. The van der Waals surface area contributed by atoms with Crippen molar-refractivity contribution in [3.63, 3.8) is 0 Å². The highest BCUT2D eigenvalue weighted by molar-refractivity contribution is 9.10. The first-order chi connectivity index (χ1) is 11.0. The average molecular weight is 397 g/mol. The van der Waals surface area contributed by atoms with Crippen LogP contribution in [0.5, 0.6) is 11.5 Å². The van der Waals surface area contributed by atoms with Crippen molar-refractivity contribution in [1.29, 1.82) is 0 Å². The molecule has 6 heteroatoms. The number of ether oxygens (including phenoxy) is 2. The number of hydrogen-bond acceptors (Lipinski definition) is 3. The van der Waals surface area contributed by atoms with Crippen molar-refractivity contribution >= 4 is 45.2 Å². The lowest BCUT2D eigenvalue weighted by molar-refractivity contribution is -0.111. The van der Waals surface area contributed by atoms with Gasteiger partial charge in [-0.2, -0.15) is 0 Å². The highest BCUT2D eigenvalue weighted by atomic mass is 79.9. The van der Waals surface area contributed by atoms with E-state index in [-0.39, 0.29) is 5.91 Å². The summed E-state index contributed by atoms with van der Waals surface area (Å²) in [5.41, 5.74) is 1.39. The van der Waals surface area contributed by atoms with Crippen LogP contribution in [0.2, 0.25) is 5.02 Å². The monoisotopic (exact) mass is 395 g/mol. The number of nitrogens with one attached hydrogen (secondary N) is 1. The molecule has 0 aliphatic rings. The summed E-state index contributed by atoms with van der Waals surface area (Å²) in [5.74, 6) is 0.970. The van der Waals surface area contributed by atoms with E-state index in [9.17, 15) is 4.79 Å². The van der Waals surface area contributed by atoms with Crippen molar-refractivity contribution in [3.05, 3.63) is 57.5 Å². The van der Waals surface area contributed by atoms with Gasteiger partial charge in [0.15, 0.2) is 0 Å². The molecule has 2 rings (SSSR count). The summed E-state index contributed by atoms with van der Waals surface area (Å²) in [5, 5.41) is 3.17. The SMILES string of the molecule is COc1ccc(NC(=O)C=Cc2cc(Br)ccc2OC)cc1Cl. The maximum atomic E-state index is 12.0. The van der Waals surface area contributed by atoms with Gasteiger partial charge in [0.05, 0.1) is 19.2 Å². The van der Waals surface area contributed by atoms with E-state index in [0.717, 1.165) is 10.0 Å². The Kier molecular flexibility index (Phi) is 6.07. The van der Waals surface area contributed by atoms with Gasteiger partial charge in [-0.1, -0.05) is 27.5 Å². The zero-order chi connectivity index (χ0) is 16.8. The van der Waals surface area contributed by atoms with Gasteiger partial charge in [0.1, 0.15) is 11.5 Å². The van der Waals surface area contributed by atoms with Crippen molar-refractivity contribution in [2.75, 3.05) is 19.5 Å². The van der Waals surface area contributed by atoms with Crippen molar-refractivity contribution in [3.8, 4) is 11.5 Å². The highest BCUT2D eigenvalue weighted by Crippen LogP contribution is 2.27. The molecule has 0 bridgehead atoms. The van der Waals surface area contributed by atoms with Crippen LogP contribution < -0.4 is 14.8 Å². The van der Waals surface area contributed by atoms with Gasteiger partial charge in [-0.05, 0) is 42.5 Å². The van der Waals surface area contributed by atoms with E-state index in [1.54, 1.807) is 31.4 Å². The van der Waals surface area contributed by atoms with Crippen LogP contribution in [-0.4, -0.2) is 20.1 Å². The fraction of sp³-hybridized carbons (Fsp3) is 0.118. The minimum Gasteiger partial charge on any atom is -0.496 e. The van der Waals surface area contributed by atoms with Crippen LogP contribution >= 0.6 is 27.5 Å². The lowest BCUT2D eigenvalue weighted by atomic mass is 10.2. The van der Waals surface area contributed by atoms with Crippen LogP contribution in [0, 0.1) is 0 Å². The quantitative estimate of drug-likeness (QED) is 0.741. The van der Waals surface area contributed by atoms with E-state index in [4.69, 9.17) is 21.1 Å². The molecule has 0 aromatic heterocycles. The first kappa shape index (κ1) is 17.4. The van der Waals surface area contributed by atoms with Crippen molar-refractivity contribution in [2.24, 2.45) is 0 Å². The molecule has 2 aromatic carbocycles. The first-order valence-corrected chi connectivity index (χ1v) is 7.86. The fourth-order valence-corrected chi connectivity index (χ4v) is 2.57. The molecule has 0 heterocycles. The Hall–Kier alpha value is -1.98. The fourth-order valence-electron chi connectivity index (χ4n) is 1.93. The maximum absolute atomic E-state index is 12.0. The molecule has 23 heavy (non-hydrogen) atoms. The summed E-state index contributed by atoms with van der Waals surface area (Å²) in [6.07, 6.45) is 3.12. The summed E-state index contributed by atoms with van der Waals surface area (Å²) in [7, 11) is 3.12. The molecule has 4 nitrogen and oxygen atoms in total. The lowest BCUT2D eigenvalue weighted by Gasteiger charge is -2.07. The Morgan fingerprint density at radius 3 is 2.48 bits per heavy atom. The van der Waals surface area contributed by atoms with Gasteiger partial charge in [0.25, 0.3) is 0 Å². The van der Waals surface area contributed by atoms with Crippen LogP contribution in [0.15, 0.2) is 46.9 Å². The zero-order valence-electron chi connectivity index (χ0n) is 12.6. The third-order valence-corrected chi connectivity index (χ3v) is 3.81. The van der Waals surface area contributed by atoms with Gasteiger partial charge >= 0.3 is 0 Å². The van der Waals surface area contributed by atoms with Gasteiger partial charge in [-0.3, -0.25) is 4.79 Å². The molecule has 1 N–H and O–H groups in total. The standard InChI is InChI=1S/C17H15BrClNO3/c1-22-15-6-4-12(18)9-11(15)3-8-17(21)20-13-5-7-16(23-2)14(19)10-13/h3-10H,1-2H3,(H,20,21). The summed E-state index contributed by atoms with van der Waals surface area (Å²) < 4.78 is 11.2. The molecule has 0 saturated carbocycles. The van der Waals surface area contributed by atoms with Crippen LogP contribution in [-0.2, 0) is 4.79 Å². The molecule has 1 amide bonds. The zero-order valence-corrected chi connectivity index (χ0v) is 14.9. The normalized spacial score (nSPS) is 10.6. The Morgan fingerprint density at radius 1 is 1.13 bits per heavy atom. The van der Waals surface area contributed by atoms with Crippen molar-refractivity contribution in [1.82, 2.24) is 0 Å². The second-order valence-electron chi connectivity index (χ2n) is 4.56. The van der Waals surface area contributed by atoms with Gasteiger partial charge in [0.2, 0.25) is 5.91 Å². The summed E-state index contributed by atoms with van der Waals surface area (Å²) in [6, 6.07) is 10.6. The molecule has 0 unspecified atom stereocenters. The predicted octanol–water partition coefficient (Wildman–Crippen LogP) is 4.77. The molecule has 0 saturated heterocycles. The van der Waals surface area contributed by atoms with Crippen LogP contribution in [0.25, 0.3) is 6.08 Å². The topological polar surface area (TPSA) is 47.6 Å². The van der Waals surface area contributed by atoms with E-state index in [1.165, 1.54) is 13.2 Å². The van der Waals surface area contributed by atoms with Gasteiger partial charge in [-0.25, -0.2) is 0 Å². The first-order valence-electron chi connectivity index (χ1n) is 6.69. The maximum Gasteiger partial charge on any atom is 0.248 e. The third kappa shape index (κ3) is 4.74. The van der Waals surface area contributed by atoms with E-state index < -0.39 is 0 Å². The number of carbonyl (C=O) groups is 1. The minimum atomic E-state index is -0.270. The molecule has 0 aliphatic carbocycles. The van der Waals surface area contributed by atoms with Gasteiger partial charge in [0, 0.05) is 21.8 Å². The van der Waals surface area contributed by atoms with E-state index in [0.29, 0.717) is 22.2 Å². The molecule has 0 aliphatic heterocycles. The molecule has 0 fully saturated rings. The molecule has 120 valence electrons. The number of amides is 1. The number of halogens is 2. The summed E-state index contributed by atoms with van der Waals surface area (Å²) in [4.78, 5) is 12.0. The third-order valence-electron chi connectivity index (χ3n) is 3.03. The predicted molar refractivity (Wildman–Crippen MR) is 96.4 cm³/mol. The molecule has 0 atom stereocenters. The lowest BCUT2D eigenvalue weighted by Crippen LogP contribution is -2.07. The smallest absolute Gasteiger partial charge is 0.248 e. The van der Waals surface area contributed by atoms with Crippen LogP contribution in [0.4, 0.5) is 5.69 Å². The van der Waals surface area contributed by atoms with Crippen molar-refractivity contribution in [2.45, 2.75) is 0 Å². The van der Waals surface area contributed by atoms with Crippen molar-refractivity contribution < 1.29 is 14.3 Å². The Bertz CT molecular complexity index is 747. The molecule has 0 radical (unpaired) electrons. The number of benzene rings is 2. The molecular formula is C17H15BrClNO3. The Morgan fingerprint density at radius 2 is 1.83 bits per heavy atom. The number of anilines is 1. The van der Waals surface area contributed by atoms with E-state index >= 15 is 0 Å². The molecule has 0 spiro atoms. The largest absolute Gasteiger partial charge is 0.496 e. The Labute approximate surface area is 148 Å². The Balaban J connectivity index is 2.10. The number of carbonyl (C=O) groups excluding carboxylic acids is 1.